The van der Waals surface area contributed by atoms with E-state index in [0.717, 1.165) is 11.1 Å². The third-order valence-corrected chi connectivity index (χ3v) is 1.82. The maximum absolute atomic E-state index is 10.9. The van der Waals surface area contributed by atoms with Crippen LogP contribution in [0.25, 0.3) is 0 Å². The summed E-state index contributed by atoms with van der Waals surface area (Å²) in [5.74, 6) is -0.0237. The first-order chi connectivity index (χ1) is 4.66. The second-order valence-electron chi connectivity index (χ2n) is 2.40. The van der Waals surface area contributed by atoms with E-state index in [1.807, 2.05) is 6.92 Å². The highest BCUT2D eigenvalue weighted by atomic mass is 16.5. The van der Waals surface area contributed by atoms with Crippen molar-refractivity contribution < 1.29 is 9.53 Å². The van der Waals surface area contributed by atoms with Gasteiger partial charge in [-0.25, -0.2) is 0 Å². The van der Waals surface area contributed by atoms with Gasteiger partial charge in [-0.1, -0.05) is 0 Å². The van der Waals surface area contributed by atoms with Gasteiger partial charge in [0.05, 0.1) is 0 Å². The Morgan fingerprint density at radius 1 is 1.50 bits per heavy atom. The smallest absolute Gasteiger partial charge is 0.249 e. The Hall–Kier alpha value is -0.830. The van der Waals surface area contributed by atoms with Gasteiger partial charge in [-0.15, -0.1) is 0 Å². The first-order valence-corrected chi connectivity index (χ1v) is 3.18. The molecule has 1 N–H and O–H groups in total. The van der Waals surface area contributed by atoms with E-state index in [1.165, 1.54) is 0 Å². The number of carbonyl (C=O) groups excluding carboxylic acids is 1. The van der Waals surface area contributed by atoms with Crippen molar-refractivity contribution in [1.29, 1.82) is 0 Å². The van der Waals surface area contributed by atoms with Crippen molar-refractivity contribution in [3.8, 4) is 0 Å². The number of nitrogens with one attached hydrogen (secondary N) is 1. The Morgan fingerprint density at radius 2 is 2.10 bits per heavy atom. The molecule has 0 saturated carbocycles. The van der Waals surface area contributed by atoms with Crippen molar-refractivity contribution in [2.45, 2.75) is 20.1 Å². The molecule has 0 aromatic carbocycles. The molecule has 0 saturated heterocycles. The predicted molar refractivity (Wildman–Crippen MR) is 37.3 cm³/mol. The highest BCUT2D eigenvalue weighted by Crippen LogP contribution is 2.15. The van der Waals surface area contributed by atoms with Crippen LogP contribution in [0.2, 0.25) is 0 Å². The van der Waals surface area contributed by atoms with Gasteiger partial charge in [0, 0.05) is 12.7 Å². The summed E-state index contributed by atoms with van der Waals surface area (Å²) >= 11 is 0. The normalized spacial score (nSPS) is 25.5. The van der Waals surface area contributed by atoms with Crippen LogP contribution < -0.4 is 5.32 Å². The Bertz CT molecular complexity index is 196. The number of amides is 1. The van der Waals surface area contributed by atoms with Gasteiger partial charge in [0.15, 0.2) is 6.23 Å². The summed E-state index contributed by atoms with van der Waals surface area (Å²) in [6, 6.07) is 0. The van der Waals surface area contributed by atoms with E-state index in [9.17, 15) is 4.79 Å². The third kappa shape index (κ3) is 0.926. The van der Waals surface area contributed by atoms with E-state index in [0.29, 0.717) is 0 Å². The van der Waals surface area contributed by atoms with E-state index in [4.69, 9.17) is 4.74 Å². The quantitative estimate of drug-likeness (QED) is 0.575. The van der Waals surface area contributed by atoms with Crippen molar-refractivity contribution in [2.24, 2.45) is 0 Å². The number of ether oxygens (including phenoxy) is 1. The fraction of sp³-hybridized carbons (Fsp3) is 0.571. The summed E-state index contributed by atoms with van der Waals surface area (Å²) in [6.45, 7) is 3.69. The van der Waals surface area contributed by atoms with E-state index >= 15 is 0 Å². The molecular weight excluding hydrogens is 130 g/mol. The zero-order chi connectivity index (χ0) is 7.72. The summed E-state index contributed by atoms with van der Waals surface area (Å²) in [4.78, 5) is 10.9. The molecule has 0 fully saturated rings. The summed E-state index contributed by atoms with van der Waals surface area (Å²) in [7, 11) is 1.58. The first kappa shape index (κ1) is 7.28. The second-order valence-corrected chi connectivity index (χ2v) is 2.40. The number of rotatable bonds is 1. The number of hydrogen-bond acceptors (Lipinski definition) is 2. The molecule has 1 heterocycles. The number of methoxy groups -OCH3 is 1. The van der Waals surface area contributed by atoms with Crippen molar-refractivity contribution in [3.63, 3.8) is 0 Å². The van der Waals surface area contributed by atoms with Crippen LogP contribution in [0.1, 0.15) is 13.8 Å². The zero-order valence-corrected chi connectivity index (χ0v) is 6.39. The van der Waals surface area contributed by atoms with Crippen LogP contribution in [-0.2, 0) is 9.53 Å². The first-order valence-electron chi connectivity index (χ1n) is 3.18. The minimum atomic E-state index is -0.201. The monoisotopic (exact) mass is 141 g/mol. The molecule has 1 amide bonds. The minimum absolute atomic E-state index is 0.0237. The van der Waals surface area contributed by atoms with E-state index in [-0.39, 0.29) is 12.1 Å². The summed E-state index contributed by atoms with van der Waals surface area (Å²) in [5, 5.41) is 2.67. The van der Waals surface area contributed by atoms with Gasteiger partial charge < -0.3 is 10.1 Å². The molecule has 0 aliphatic carbocycles. The molecule has 0 aromatic rings. The topological polar surface area (TPSA) is 38.3 Å². The maximum Gasteiger partial charge on any atom is 0.249 e. The van der Waals surface area contributed by atoms with Crippen molar-refractivity contribution in [3.05, 3.63) is 11.1 Å². The van der Waals surface area contributed by atoms with Gasteiger partial charge in [-0.05, 0) is 19.4 Å². The van der Waals surface area contributed by atoms with Crippen LogP contribution >= 0.6 is 0 Å². The molecule has 0 aromatic heterocycles. The van der Waals surface area contributed by atoms with E-state index < -0.39 is 0 Å². The number of hydrogen-bond donors (Lipinski definition) is 1. The summed E-state index contributed by atoms with van der Waals surface area (Å²) in [5.41, 5.74) is 1.75. The van der Waals surface area contributed by atoms with Crippen LogP contribution in [-0.4, -0.2) is 19.2 Å². The average molecular weight is 141 g/mol. The Kier molecular flexibility index (Phi) is 1.76. The third-order valence-electron chi connectivity index (χ3n) is 1.82. The van der Waals surface area contributed by atoms with Crippen molar-refractivity contribution >= 4 is 5.91 Å². The maximum atomic E-state index is 10.9. The molecular formula is C7H11NO2. The largest absolute Gasteiger partial charge is 0.358 e. The Balaban J connectivity index is 2.83. The van der Waals surface area contributed by atoms with Crippen LogP contribution in [0, 0.1) is 0 Å². The van der Waals surface area contributed by atoms with Gasteiger partial charge in [0.25, 0.3) is 0 Å². The van der Waals surface area contributed by atoms with E-state index in [2.05, 4.69) is 5.32 Å². The molecule has 1 atom stereocenters. The molecule has 1 aliphatic heterocycles. The zero-order valence-electron chi connectivity index (χ0n) is 6.39. The standard InChI is InChI=1S/C7H11NO2/c1-4-5(2)7(10-3)8-6(4)9/h7H,1-3H3,(H,8,9). The van der Waals surface area contributed by atoms with Crippen LogP contribution in [0.4, 0.5) is 0 Å². The molecule has 56 valence electrons. The fourth-order valence-electron chi connectivity index (χ4n) is 0.947. The molecule has 3 nitrogen and oxygen atoms in total. The molecule has 0 bridgehead atoms. The highest BCUT2D eigenvalue weighted by molar-refractivity contribution is 5.96. The second kappa shape index (κ2) is 2.42. The lowest BCUT2D eigenvalue weighted by Crippen LogP contribution is -2.29. The molecule has 3 heteroatoms. The Labute approximate surface area is 60.1 Å². The van der Waals surface area contributed by atoms with Gasteiger partial charge in [-0.2, -0.15) is 0 Å². The van der Waals surface area contributed by atoms with Gasteiger partial charge in [0.1, 0.15) is 0 Å². The highest BCUT2D eigenvalue weighted by Gasteiger charge is 2.24. The van der Waals surface area contributed by atoms with Crippen LogP contribution in [0.15, 0.2) is 11.1 Å². The molecule has 1 unspecified atom stereocenters. The molecule has 1 aliphatic rings. The van der Waals surface area contributed by atoms with Crippen molar-refractivity contribution in [1.82, 2.24) is 5.32 Å². The summed E-state index contributed by atoms with van der Waals surface area (Å²) in [6.07, 6.45) is -0.201. The molecule has 1 rings (SSSR count). The molecule has 0 radical (unpaired) electrons. The number of carbonyl (C=O) groups is 1. The molecule has 0 spiro atoms. The van der Waals surface area contributed by atoms with Gasteiger partial charge in [0.2, 0.25) is 5.91 Å². The lowest BCUT2D eigenvalue weighted by molar-refractivity contribution is -0.118. The average Bonchev–Trinajstić information content (AvgIpc) is 2.17. The van der Waals surface area contributed by atoms with Gasteiger partial charge >= 0.3 is 0 Å². The van der Waals surface area contributed by atoms with Crippen LogP contribution in [0.3, 0.4) is 0 Å². The minimum Gasteiger partial charge on any atom is -0.358 e. The van der Waals surface area contributed by atoms with Gasteiger partial charge in [-0.3, -0.25) is 4.79 Å². The fourth-order valence-corrected chi connectivity index (χ4v) is 0.947. The van der Waals surface area contributed by atoms with Crippen LogP contribution in [0.5, 0.6) is 0 Å². The van der Waals surface area contributed by atoms with E-state index in [1.54, 1.807) is 14.0 Å². The Morgan fingerprint density at radius 3 is 2.30 bits per heavy atom. The molecule has 10 heavy (non-hydrogen) atoms. The van der Waals surface area contributed by atoms with Crippen molar-refractivity contribution in [2.75, 3.05) is 7.11 Å². The lowest BCUT2D eigenvalue weighted by atomic mass is 10.2. The SMILES string of the molecule is COC1NC(=O)C(C)=C1C. The summed E-state index contributed by atoms with van der Waals surface area (Å²) < 4.78 is 4.97. The predicted octanol–water partition coefficient (Wildman–Crippen LogP) is 0.425. The lowest BCUT2D eigenvalue weighted by Gasteiger charge is -2.08.